The van der Waals surface area contributed by atoms with Crippen LogP contribution < -0.4 is 0 Å². The van der Waals surface area contributed by atoms with Crippen LogP contribution in [0.15, 0.2) is 24.3 Å². The Labute approximate surface area is 103 Å². The highest BCUT2D eigenvalue weighted by Crippen LogP contribution is 2.36. The fourth-order valence-electron chi connectivity index (χ4n) is 1.89. The second-order valence-electron chi connectivity index (χ2n) is 4.39. The number of nitrogens with zero attached hydrogens (tertiary/aromatic N) is 1. The number of benzene rings is 1. The van der Waals surface area contributed by atoms with E-state index >= 15 is 0 Å². The van der Waals surface area contributed by atoms with Crippen LogP contribution in [0.3, 0.4) is 0 Å². The Morgan fingerprint density at radius 3 is 2.50 bits per heavy atom. The van der Waals surface area contributed by atoms with Gasteiger partial charge >= 0.3 is 6.16 Å². The van der Waals surface area contributed by atoms with Crippen LogP contribution in [0.5, 0.6) is 0 Å². The number of hydrogen-bond donors (Lipinski definition) is 1. The summed E-state index contributed by atoms with van der Waals surface area (Å²) >= 11 is 0. The zero-order chi connectivity index (χ0) is 13.1. The Balaban J connectivity index is 2.02. The van der Waals surface area contributed by atoms with Gasteiger partial charge in [0.2, 0.25) is 0 Å². The SMILES string of the molecule is O=C(O)OC(Cc1ccc([N+](=O)[O-])cc1)C1CC1. The maximum absolute atomic E-state index is 10.6. The maximum Gasteiger partial charge on any atom is 0.506 e. The van der Waals surface area contributed by atoms with Gasteiger partial charge in [-0.25, -0.2) is 4.79 Å². The lowest BCUT2D eigenvalue weighted by Crippen LogP contribution is -2.21. The van der Waals surface area contributed by atoms with Gasteiger partial charge in [-0.3, -0.25) is 10.1 Å². The fraction of sp³-hybridized carbons (Fsp3) is 0.417. The molecule has 1 aromatic carbocycles. The van der Waals surface area contributed by atoms with Crippen molar-refractivity contribution >= 4 is 11.8 Å². The van der Waals surface area contributed by atoms with E-state index in [1.54, 1.807) is 12.1 Å². The molecular weight excluding hydrogens is 238 g/mol. The molecule has 0 bridgehead atoms. The summed E-state index contributed by atoms with van der Waals surface area (Å²) in [5.74, 6) is 0.288. The molecule has 18 heavy (non-hydrogen) atoms. The number of nitro groups is 1. The number of ether oxygens (including phenoxy) is 1. The van der Waals surface area contributed by atoms with Gasteiger partial charge in [0, 0.05) is 18.6 Å². The normalized spacial score (nSPS) is 16.0. The predicted molar refractivity (Wildman–Crippen MR) is 62.4 cm³/mol. The number of carboxylic acid groups (broad SMARTS) is 1. The molecule has 1 aromatic rings. The van der Waals surface area contributed by atoms with Crippen LogP contribution in [0.25, 0.3) is 0 Å². The third kappa shape index (κ3) is 3.19. The lowest BCUT2D eigenvalue weighted by atomic mass is 10.0. The van der Waals surface area contributed by atoms with Gasteiger partial charge < -0.3 is 9.84 Å². The van der Waals surface area contributed by atoms with Crippen molar-refractivity contribution in [3.63, 3.8) is 0 Å². The third-order valence-electron chi connectivity index (χ3n) is 2.98. The monoisotopic (exact) mass is 251 g/mol. The van der Waals surface area contributed by atoms with Crippen molar-refractivity contribution in [1.82, 2.24) is 0 Å². The molecular formula is C12H13NO5. The Hall–Kier alpha value is -2.11. The van der Waals surface area contributed by atoms with Crippen molar-refractivity contribution in [3.05, 3.63) is 39.9 Å². The van der Waals surface area contributed by atoms with E-state index in [2.05, 4.69) is 0 Å². The Kier molecular flexibility index (Phi) is 3.45. The Morgan fingerprint density at radius 2 is 2.06 bits per heavy atom. The summed E-state index contributed by atoms with van der Waals surface area (Å²) in [6.45, 7) is 0. The fourth-order valence-corrected chi connectivity index (χ4v) is 1.89. The quantitative estimate of drug-likeness (QED) is 0.493. The first kappa shape index (κ1) is 12.3. The summed E-state index contributed by atoms with van der Waals surface area (Å²) in [5, 5.41) is 19.1. The van der Waals surface area contributed by atoms with Crippen LogP contribution in [0, 0.1) is 16.0 Å². The molecule has 1 atom stereocenters. The van der Waals surface area contributed by atoms with E-state index in [1.165, 1.54) is 12.1 Å². The van der Waals surface area contributed by atoms with Gasteiger partial charge in [-0.1, -0.05) is 12.1 Å². The van der Waals surface area contributed by atoms with E-state index < -0.39 is 11.1 Å². The van der Waals surface area contributed by atoms with Crippen LogP contribution in [-0.4, -0.2) is 22.3 Å². The average Bonchev–Trinajstić information content (AvgIpc) is 3.12. The van der Waals surface area contributed by atoms with Gasteiger partial charge in [0.1, 0.15) is 6.10 Å². The number of carbonyl (C=O) groups is 1. The molecule has 0 saturated heterocycles. The molecule has 0 aromatic heterocycles. The lowest BCUT2D eigenvalue weighted by Gasteiger charge is -2.14. The van der Waals surface area contributed by atoms with Crippen LogP contribution in [0.4, 0.5) is 10.5 Å². The van der Waals surface area contributed by atoms with Gasteiger partial charge in [0.15, 0.2) is 0 Å². The molecule has 1 N–H and O–H groups in total. The molecule has 1 unspecified atom stereocenters. The highest BCUT2D eigenvalue weighted by molar-refractivity contribution is 5.57. The molecule has 0 radical (unpaired) electrons. The number of hydrogen-bond acceptors (Lipinski definition) is 4. The van der Waals surface area contributed by atoms with Gasteiger partial charge in [-0.15, -0.1) is 0 Å². The summed E-state index contributed by atoms with van der Waals surface area (Å²) in [7, 11) is 0. The van der Waals surface area contributed by atoms with Crippen LogP contribution in [0.1, 0.15) is 18.4 Å². The van der Waals surface area contributed by atoms with Crippen LogP contribution in [-0.2, 0) is 11.2 Å². The summed E-state index contributed by atoms with van der Waals surface area (Å²) in [6.07, 6.45) is 0.808. The first-order valence-corrected chi connectivity index (χ1v) is 5.69. The van der Waals surface area contributed by atoms with Crippen LogP contribution >= 0.6 is 0 Å². The molecule has 1 saturated carbocycles. The summed E-state index contributed by atoms with van der Waals surface area (Å²) in [5.41, 5.74) is 0.875. The summed E-state index contributed by atoms with van der Waals surface area (Å²) < 4.78 is 4.84. The minimum atomic E-state index is -1.27. The molecule has 0 heterocycles. The molecule has 1 fully saturated rings. The van der Waals surface area contributed by atoms with E-state index in [1.807, 2.05) is 0 Å². The smallest absolute Gasteiger partial charge is 0.450 e. The minimum Gasteiger partial charge on any atom is -0.450 e. The third-order valence-corrected chi connectivity index (χ3v) is 2.98. The molecule has 0 amide bonds. The van der Waals surface area contributed by atoms with E-state index in [9.17, 15) is 14.9 Å². The topological polar surface area (TPSA) is 89.7 Å². The Bertz CT molecular complexity index is 452. The predicted octanol–water partition coefficient (Wildman–Crippen LogP) is 2.61. The van der Waals surface area contributed by atoms with Crippen molar-refractivity contribution in [3.8, 4) is 0 Å². The highest BCUT2D eigenvalue weighted by Gasteiger charge is 2.34. The molecule has 0 aliphatic heterocycles. The molecule has 0 spiro atoms. The number of rotatable bonds is 5. The van der Waals surface area contributed by atoms with Crippen molar-refractivity contribution in [2.45, 2.75) is 25.4 Å². The standard InChI is InChI=1S/C12H13NO5/c14-12(15)18-11(9-3-4-9)7-8-1-5-10(6-2-8)13(16)17/h1-2,5-6,9,11H,3-4,7H2,(H,14,15). The van der Waals surface area contributed by atoms with Gasteiger partial charge in [0.25, 0.3) is 5.69 Å². The lowest BCUT2D eigenvalue weighted by molar-refractivity contribution is -0.384. The van der Waals surface area contributed by atoms with E-state index in [0.29, 0.717) is 6.42 Å². The van der Waals surface area contributed by atoms with Crippen molar-refractivity contribution in [2.75, 3.05) is 0 Å². The zero-order valence-corrected chi connectivity index (χ0v) is 9.61. The van der Waals surface area contributed by atoms with E-state index in [-0.39, 0.29) is 17.7 Å². The first-order chi connectivity index (χ1) is 8.56. The van der Waals surface area contributed by atoms with Crippen molar-refractivity contribution in [1.29, 1.82) is 0 Å². The second kappa shape index (κ2) is 5.03. The second-order valence-corrected chi connectivity index (χ2v) is 4.39. The summed E-state index contributed by atoms with van der Waals surface area (Å²) in [4.78, 5) is 20.6. The largest absolute Gasteiger partial charge is 0.506 e. The summed E-state index contributed by atoms with van der Waals surface area (Å²) in [6, 6.07) is 6.11. The zero-order valence-electron chi connectivity index (χ0n) is 9.61. The van der Waals surface area contributed by atoms with E-state index in [0.717, 1.165) is 18.4 Å². The molecule has 1 aliphatic rings. The number of non-ortho nitro benzene ring substituents is 1. The molecule has 96 valence electrons. The molecule has 2 rings (SSSR count). The van der Waals surface area contributed by atoms with Crippen LogP contribution in [0.2, 0.25) is 0 Å². The van der Waals surface area contributed by atoms with Gasteiger partial charge in [-0.2, -0.15) is 0 Å². The number of nitro benzene ring substituents is 1. The van der Waals surface area contributed by atoms with Crippen molar-refractivity contribution in [2.24, 2.45) is 5.92 Å². The minimum absolute atomic E-state index is 0.0286. The average molecular weight is 251 g/mol. The molecule has 6 nitrogen and oxygen atoms in total. The van der Waals surface area contributed by atoms with Crippen molar-refractivity contribution < 1.29 is 19.6 Å². The Morgan fingerprint density at radius 1 is 1.44 bits per heavy atom. The highest BCUT2D eigenvalue weighted by atomic mass is 16.7. The van der Waals surface area contributed by atoms with E-state index in [4.69, 9.17) is 9.84 Å². The molecule has 1 aliphatic carbocycles. The first-order valence-electron chi connectivity index (χ1n) is 5.69. The van der Waals surface area contributed by atoms with Gasteiger partial charge in [-0.05, 0) is 24.3 Å². The maximum atomic E-state index is 10.6. The van der Waals surface area contributed by atoms with Gasteiger partial charge in [0.05, 0.1) is 4.92 Å². The molecule has 6 heteroatoms.